The number of fused-ring (bicyclic) bond motifs is 2. The van der Waals surface area contributed by atoms with Gasteiger partial charge < -0.3 is 0 Å². The molecule has 0 bridgehead atoms. The summed E-state index contributed by atoms with van der Waals surface area (Å²) in [5.41, 5.74) is 5.48. The molecule has 4 aromatic heterocycles. The number of halogens is 2. The summed E-state index contributed by atoms with van der Waals surface area (Å²) in [5, 5.41) is 5.33. The number of hydrogen-bond acceptors (Lipinski definition) is 6. The van der Waals surface area contributed by atoms with Crippen molar-refractivity contribution in [3.05, 3.63) is 42.2 Å². The maximum absolute atomic E-state index is 5.27. The summed E-state index contributed by atoms with van der Waals surface area (Å²) in [4.78, 5) is 12.9. The van der Waals surface area contributed by atoms with Crippen molar-refractivity contribution >= 4 is 97.4 Å². The molecule has 0 fully saturated rings. The summed E-state index contributed by atoms with van der Waals surface area (Å²) in [7, 11) is 0. The van der Waals surface area contributed by atoms with E-state index in [-0.39, 0.29) is 0 Å². The van der Waals surface area contributed by atoms with Crippen molar-refractivity contribution in [2.24, 2.45) is 0 Å². The van der Waals surface area contributed by atoms with Crippen molar-refractivity contribution < 1.29 is 0 Å². The van der Waals surface area contributed by atoms with E-state index in [4.69, 9.17) is 9.97 Å². The van der Waals surface area contributed by atoms with Crippen LogP contribution in [0.15, 0.2) is 19.7 Å². The normalized spacial score (nSPS) is 12.0. The van der Waals surface area contributed by atoms with Crippen LogP contribution < -0.4 is 0 Å². The van der Waals surface area contributed by atoms with E-state index in [1.807, 2.05) is 34.0 Å². The van der Waals surface area contributed by atoms with Crippen molar-refractivity contribution in [3.8, 4) is 19.8 Å². The zero-order valence-corrected chi connectivity index (χ0v) is 36.7. The quantitative estimate of drug-likeness (QED) is 0.0612. The molecule has 0 aliphatic heterocycles. The van der Waals surface area contributed by atoms with Gasteiger partial charge in [-0.2, -0.15) is 0 Å². The van der Waals surface area contributed by atoms with Crippen LogP contribution in [0.5, 0.6) is 0 Å². The molecule has 0 amide bonds. The van der Waals surface area contributed by atoms with Gasteiger partial charge in [0.1, 0.15) is 10.0 Å². The van der Waals surface area contributed by atoms with Gasteiger partial charge in [0.2, 0.25) is 0 Å². The molecule has 0 unspecified atom stereocenters. The monoisotopic (exact) mass is 862 g/mol. The summed E-state index contributed by atoms with van der Waals surface area (Å²) in [6, 6.07) is 5.03. The van der Waals surface area contributed by atoms with Crippen LogP contribution in [0.25, 0.3) is 39.9 Å². The molecule has 2 nitrogen and oxygen atoms in total. The van der Waals surface area contributed by atoms with Gasteiger partial charge in [0.05, 0.1) is 28.7 Å². The fourth-order valence-electron chi connectivity index (χ4n) is 6.94. The summed E-state index contributed by atoms with van der Waals surface area (Å²) in [6.45, 7) is 9.02. The maximum atomic E-state index is 5.27. The zero-order chi connectivity index (χ0) is 34.6. The topological polar surface area (TPSA) is 25.8 Å². The van der Waals surface area contributed by atoms with E-state index in [2.05, 4.69) is 71.7 Å². The number of unbranched alkanes of at least 4 members (excludes halogenated alkanes) is 15. The number of hydrogen-bond donors (Lipinski definition) is 0. The van der Waals surface area contributed by atoms with Crippen LogP contribution in [-0.2, 0) is 19.3 Å². The summed E-state index contributed by atoms with van der Waals surface area (Å²) >= 11 is 15.3. The molecule has 0 saturated heterocycles. The van der Waals surface area contributed by atoms with Crippen LogP contribution in [0, 0.1) is 6.92 Å². The molecule has 4 heterocycles. The van der Waals surface area contributed by atoms with Crippen molar-refractivity contribution in [3.63, 3.8) is 0 Å². The highest BCUT2D eigenvalue weighted by molar-refractivity contribution is 9.11. The van der Waals surface area contributed by atoms with Crippen molar-refractivity contribution in [2.45, 2.75) is 163 Å². The van der Waals surface area contributed by atoms with E-state index in [1.54, 1.807) is 22.5 Å². The Hall–Kier alpha value is -0.640. The fraction of sp³-hybridized carbons (Fsp3) is 0.610. The molecule has 0 N–H and O–H groups in total. The first-order valence-electron chi connectivity index (χ1n) is 19.2. The number of rotatable bonds is 23. The van der Waals surface area contributed by atoms with Crippen LogP contribution >= 0.6 is 77.2 Å². The Morgan fingerprint density at radius 3 is 1.35 bits per heavy atom. The summed E-state index contributed by atoms with van der Waals surface area (Å²) in [6.07, 6.45) is 27.2. The molecule has 0 aliphatic rings. The largest absolute Gasteiger partial charge is 0.239 e. The van der Waals surface area contributed by atoms with E-state index in [0.717, 1.165) is 33.8 Å². The Labute approximate surface area is 329 Å². The van der Waals surface area contributed by atoms with Gasteiger partial charge in [-0.3, -0.25) is 0 Å². The lowest BCUT2D eigenvalue weighted by Crippen LogP contribution is -1.93. The van der Waals surface area contributed by atoms with E-state index in [9.17, 15) is 0 Å². The van der Waals surface area contributed by atoms with Crippen LogP contribution in [0.3, 0.4) is 0 Å². The maximum Gasteiger partial charge on any atom is 0.134 e. The predicted molar refractivity (Wildman–Crippen MR) is 231 cm³/mol. The summed E-state index contributed by atoms with van der Waals surface area (Å²) in [5.74, 6) is 0. The van der Waals surface area contributed by atoms with E-state index in [0.29, 0.717) is 0 Å². The van der Waals surface area contributed by atoms with Gasteiger partial charge in [-0.1, -0.05) is 117 Å². The molecule has 5 rings (SSSR count). The average Bonchev–Trinajstić information content (AvgIpc) is 3.88. The molecule has 0 spiro atoms. The van der Waals surface area contributed by atoms with Crippen LogP contribution in [0.2, 0.25) is 0 Å². The Kier molecular flexibility index (Phi) is 16.6. The first kappa shape index (κ1) is 39.6. The Bertz CT molecular complexity index is 1650. The predicted octanol–water partition coefficient (Wildman–Crippen LogP) is 16.9. The smallest absolute Gasteiger partial charge is 0.134 e. The summed E-state index contributed by atoms with van der Waals surface area (Å²) < 4.78 is 5.40. The second-order valence-corrected chi connectivity index (χ2v) is 20.6. The van der Waals surface area contributed by atoms with Crippen molar-refractivity contribution in [1.29, 1.82) is 0 Å². The van der Waals surface area contributed by atoms with Crippen LogP contribution in [0.1, 0.15) is 159 Å². The molecule has 1 aromatic carbocycles. The average molecular weight is 865 g/mol. The standard InChI is InChI=1S/C41H56Br2N2S4/c1-5-8-11-14-17-20-23-29-31-26-34(40-44-28(4)38(42)48-40)46-36(31)30(24-21-18-15-12-9-6-2)32-27-35(47-37(29)32)41-45-33(39(43)49-41)25-22-19-16-13-10-7-3/h26-27H,5-25H2,1-4H3. The number of thiazole rings is 2. The molecule has 268 valence electrons. The number of benzene rings is 1. The second-order valence-electron chi connectivity index (χ2n) is 13.8. The van der Waals surface area contributed by atoms with Gasteiger partial charge in [-0.15, -0.1) is 45.3 Å². The lowest BCUT2D eigenvalue weighted by Gasteiger charge is -2.12. The van der Waals surface area contributed by atoms with Gasteiger partial charge in [-0.05, 0) is 111 Å². The highest BCUT2D eigenvalue weighted by Gasteiger charge is 2.23. The van der Waals surface area contributed by atoms with Crippen LogP contribution in [-0.4, -0.2) is 9.97 Å². The third-order valence-electron chi connectivity index (χ3n) is 9.80. The molecule has 8 heteroatoms. The SMILES string of the molecule is CCCCCCCCc1nc(-c2cc3c(CCCCCCCC)c4sc(-c5nc(C)c(Br)s5)cc4c(CCCCCCCC)c3s2)sc1Br. The molecule has 5 aromatic rings. The van der Waals surface area contributed by atoms with Gasteiger partial charge in [-0.25, -0.2) is 9.97 Å². The fourth-order valence-corrected chi connectivity index (χ4v) is 12.5. The van der Waals surface area contributed by atoms with Crippen molar-refractivity contribution in [1.82, 2.24) is 9.97 Å². The third kappa shape index (κ3) is 10.7. The van der Waals surface area contributed by atoms with Gasteiger partial charge in [0, 0.05) is 9.40 Å². The molecular weight excluding hydrogens is 809 g/mol. The van der Waals surface area contributed by atoms with E-state index >= 15 is 0 Å². The third-order valence-corrected chi connectivity index (χ3v) is 16.4. The van der Waals surface area contributed by atoms with E-state index in [1.165, 1.54) is 160 Å². The van der Waals surface area contributed by atoms with Gasteiger partial charge >= 0.3 is 0 Å². The molecule has 49 heavy (non-hydrogen) atoms. The lowest BCUT2D eigenvalue weighted by atomic mass is 9.94. The Balaban J connectivity index is 1.52. The highest BCUT2D eigenvalue weighted by atomic mass is 79.9. The number of thiophene rings is 2. The minimum absolute atomic E-state index is 1.07. The number of aromatic nitrogens is 2. The van der Waals surface area contributed by atoms with Crippen molar-refractivity contribution in [2.75, 3.05) is 0 Å². The molecular formula is C41H56Br2N2S4. The zero-order valence-electron chi connectivity index (χ0n) is 30.3. The molecule has 0 atom stereocenters. The number of aryl methyl sites for hydroxylation is 4. The highest BCUT2D eigenvalue weighted by Crippen LogP contribution is 2.48. The second kappa shape index (κ2) is 20.6. The molecule has 0 saturated carbocycles. The van der Waals surface area contributed by atoms with Crippen LogP contribution in [0.4, 0.5) is 0 Å². The minimum Gasteiger partial charge on any atom is -0.239 e. The minimum atomic E-state index is 1.07. The lowest BCUT2D eigenvalue weighted by molar-refractivity contribution is 0.605. The Morgan fingerprint density at radius 1 is 0.490 bits per heavy atom. The van der Waals surface area contributed by atoms with Gasteiger partial charge in [0.15, 0.2) is 0 Å². The number of nitrogens with zero attached hydrogens (tertiary/aromatic N) is 2. The Morgan fingerprint density at radius 2 is 0.898 bits per heavy atom. The molecule has 0 radical (unpaired) electrons. The first-order valence-corrected chi connectivity index (χ1v) is 24.1. The first-order chi connectivity index (χ1) is 23.9. The molecule has 0 aliphatic carbocycles. The van der Waals surface area contributed by atoms with Gasteiger partial charge in [0.25, 0.3) is 0 Å². The van der Waals surface area contributed by atoms with E-state index < -0.39 is 0 Å².